The minimum absolute atomic E-state index is 0.0823. The number of amides is 1. The summed E-state index contributed by atoms with van der Waals surface area (Å²) in [5.74, 6) is -0.0823. The number of nitrogens with zero attached hydrogens (tertiary/aromatic N) is 1. The van der Waals surface area contributed by atoms with E-state index >= 15 is 0 Å². The van der Waals surface area contributed by atoms with Gasteiger partial charge in [-0.05, 0) is 18.6 Å². The summed E-state index contributed by atoms with van der Waals surface area (Å²) in [4.78, 5) is 15.9. The van der Waals surface area contributed by atoms with Crippen LogP contribution in [0.2, 0.25) is 0 Å². The predicted molar refractivity (Wildman–Crippen MR) is 77.7 cm³/mol. The van der Waals surface area contributed by atoms with Crippen molar-refractivity contribution in [1.82, 2.24) is 10.3 Å². The number of pyridine rings is 1. The maximum Gasteiger partial charge on any atom is 0.237 e. The Hall–Kier alpha value is -1.42. The van der Waals surface area contributed by atoms with Crippen molar-refractivity contribution in [2.45, 2.75) is 51.5 Å². The Bertz CT molecular complexity index is 354. The molecule has 4 heteroatoms. The van der Waals surface area contributed by atoms with E-state index in [1.165, 1.54) is 25.7 Å². The number of aromatic nitrogens is 1. The van der Waals surface area contributed by atoms with E-state index in [9.17, 15) is 4.79 Å². The summed E-state index contributed by atoms with van der Waals surface area (Å²) in [6.07, 6.45) is 8.16. The standard InChI is InChI=1S/C15H25N3O/c1-2-3-4-5-7-11-18-15(19)14(16)12-13-9-6-8-10-17-13/h6,8-10,14H,2-5,7,11-12,16H2,1H3,(H,18,19)/t14-/m0/s1. The van der Waals surface area contributed by atoms with Gasteiger partial charge in [0.1, 0.15) is 0 Å². The summed E-state index contributed by atoms with van der Waals surface area (Å²) in [5.41, 5.74) is 6.71. The molecule has 3 N–H and O–H groups in total. The first kappa shape index (κ1) is 15.6. The number of hydrogen-bond donors (Lipinski definition) is 2. The van der Waals surface area contributed by atoms with E-state index in [1.54, 1.807) is 6.20 Å². The topological polar surface area (TPSA) is 68.0 Å². The fourth-order valence-electron chi connectivity index (χ4n) is 1.91. The SMILES string of the molecule is CCCCCCCNC(=O)[C@@H](N)Cc1ccccn1. The lowest BCUT2D eigenvalue weighted by atomic mass is 10.1. The highest BCUT2D eigenvalue weighted by molar-refractivity contribution is 5.81. The first-order valence-electron chi connectivity index (χ1n) is 7.17. The third-order valence-electron chi connectivity index (χ3n) is 3.07. The minimum Gasteiger partial charge on any atom is -0.355 e. The molecule has 0 saturated heterocycles. The van der Waals surface area contributed by atoms with Crippen LogP contribution >= 0.6 is 0 Å². The summed E-state index contributed by atoms with van der Waals surface area (Å²) in [5, 5.41) is 2.89. The Kier molecular flexibility index (Phi) is 7.82. The number of hydrogen-bond acceptors (Lipinski definition) is 3. The van der Waals surface area contributed by atoms with E-state index < -0.39 is 6.04 Å². The van der Waals surface area contributed by atoms with Gasteiger partial charge in [0, 0.05) is 24.9 Å². The largest absolute Gasteiger partial charge is 0.355 e. The summed E-state index contributed by atoms with van der Waals surface area (Å²) in [6.45, 7) is 2.91. The van der Waals surface area contributed by atoms with Crippen molar-refractivity contribution in [3.05, 3.63) is 30.1 Å². The van der Waals surface area contributed by atoms with Crippen molar-refractivity contribution < 1.29 is 4.79 Å². The van der Waals surface area contributed by atoms with Crippen LogP contribution in [0.3, 0.4) is 0 Å². The van der Waals surface area contributed by atoms with Crippen LogP contribution in [-0.4, -0.2) is 23.5 Å². The van der Waals surface area contributed by atoms with Crippen LogP contribution in [0, 0.1) is 0 Å². The zero-order valence-electron chi connectivity index (χ0n) is 11.8. The number of nitrogens with one attached hydrogen (secondary N) is 1. The first-order valence-corrected chi connectivity index (χ1v) is 7.17. The number of carbonyl (C=O) groups excluding carboxylic acids is 1. The van der Waals surface area contributed by atoms with Crippen molar-refractivity contribution in [3.8, 4) is 0 Å². The molecule has 106 valence electrons. The summed E-state index contributed by atoms with van der Waals surface area (Å²) in [6, 6.07) is 5.13. The van der Waals surface area contributed by atoms with E-state index in [0.29, 0.717) is 6.42 Å². The number of unbranched alkanes of at least 4 members (excludes halogenated alkanes) is 4. The summed E-state index contributed by atoms with van der Waals surface area (Å²) in [7, 11) is 0. The second-order valence-electron chi connectivity index (χ2n) is 4.84. The van der Waals surface area contributed by atoms with Crippen LogP contribution in [0.25, 0.3) is 0 Å². The molecule has 0 aliphatic heterocycles. The van der Waals surface area contributed by atoms with Crippen LogP contribution in [0.4, 0.5) is 0 Å². The van der Waals surface area contributed by atoms with Gasteiger partial charge in [-0.1, -0.05) is 38.7 Å². The van der Waals surface area contributed by atoms with Gasteiger partial charge in [-0.3, -0.25) is 9.78 Å². The summed E-state index contributed by atoms with van der Waals surface area (Å²) >= 11 is 0. The van der Waals surface area contributed by atoms with Gasteiger partial charge in [0.2, 0.25) is 5.91 Å². The van der Waals surface area contributed by atoms with Crippen LogP contribution in [0.1, 0.15) is 44.7 Å². The molecule has 1 aromatic rings. The van der Waals surface area contributed by atoms with Gasteiger partial charge in [-0.2, -0.15) is 0 Å². The number of nitrogens with two attached hydrogens (primary N) is 1. The van der Waals surface area contributed by atoms with E-state index in [1.807, 2.05) is 18.2 Å². The third kappa shape index (κ3) is 6.91. The maximum atomic E-state index is 11.8. The molecule has 4 nitrogen and oxygen atoms in total. The van der Waals surface area contributed by atoms with Gasteiger partial charge >= 0.3 is 0 Å². The second kappa shape index (κ2) is 9.50. The van der Waals surface area contributed by atoms with Crippen molar-refractivity contribution in [2.75, 3.05) is 6.54 Å². The highest BCUT2D eigenvalue weighted by atomic mass is 16.2. The monoisotopic (exact) mass is 263 g/mol. The molecule has 0 aliphatic carbocycles. The smallest absolute Gasteiger partial charge is 0.237 e. The second-order valence-corrected chi connectivity index (χ2v) is 4.84. The highest BCUT2D eigenvalue weighted by Crippen LogP contribution is 2.01. The van der Waals surface area contributed by atoms with Crippen LogP contribution in [0.15, 0.2) is 24.4 Å². The molecule has 1 atom stereocenters. The van der Waals surface area contributed by atoms with E-state index in [2.05, 4.69) is 17.2 Å². The molecule has 0 spiro atoms. The van der Waals surface area contributed by atoms with Crippen molar-refractivity contribution in [1.29, 1.82) is 0 Å². The highest BCUT2D eigenvalue weighted by Gasteiger charge is 2.13. The van der Waals surface area contributed by atoms with Crippen LogP contribution in [0.5, 0.6) is 0 Å². The Balaban J connectivity index is 2.15. The molecule has 0 fully saturated rings. The average Bonchev–Trinajstić information content (AvgIpc) is 2.43. The number of carbonyl (C=O) groups is 1. The van der Waals surface area contributed by atoms with Gasteiger partial charge < -0.3 is 11.1 Å². The zero-order chi connectivity index (χ0) is 13.9. The molecule has 0 radical (unpaired) electrons. The van der Waals surface area contributed by atoms with Gasteiger partial charge in [0.05, 0.1) is 6.04 Å². The van der Waals surface area contributed by atoms with Crippen LogP contribution in [-0.2, 0) is 11.2 Å². The molecule has 19 heavy (non-hydrogen) atoms. The lowest BCUT2D eigenvalue weighted by molar-refractivity contribution is -0.122. The third-order valence-corrected chi connectivity index (χ3v) is 3.07. The van der Waals surface area contributed by atoms with E-state index in [4.69, 9.17) is 5.73 Å². The van der Waals surface area contributed by atoms with Crippen molar-refractivity contribution in [2.24, 2.45) is 5.73 Å². The molecule has 1 heterocycles. The molecule has 0 bridgehead atoms. The normalized spacial score (nSPS) is 12.1. The Morgan fingerprint density at radius 1 is 1.32 bits per heavy atom. The van der Waals surface area contributed by atoms with Crippen LogP contribution < -0.4 is 11.1 Å². The Morgan fingerprint density at radius 3 is 2.79 bits per heavy atom. The average molecular weight is 263 g/mol. The molecule has 0 unspecified atom stereocenters. The quantitative estimate of drug-likeness (QED) is 0.670. The Labute approximate surface area is 115 Å². The fourth-order valence-corrected chi connectivity index (χ4v) is 1.91. The molecular weight excluding hydrogens is 238 g/mol. The molecule has 1 aromatic heterocycles. The van der Waals surface area contributed by atoms with Gasteiger partial charge in [-0.25, -0.2) is 0 Å². The number of rotatable bonds is 9. The van der Waals surface area contributed by atoms with E-state index in [-0.39, 0.29) is 5.91 Å². The Morgan fingerprint density at radius 2 is 2.11 bits per heavy atom. The lowest BCUT2D eigenvalue weighted by Crippen LogP contribution is -2.42. The van der Waals surface area contributed by atoms with Gasteiger partial charge in [0.25, 0.3) is 0 Å². The van der Waals surface area contributed by atoms with Crippen molar-refractivity contribution in [3.63, 3.8) is 0 Å². The van der Waals surface area contributed by atoms with Gasteiger partial charge in [0.15, 0.2) is 0 Å². The predicted octanol–water partition coefficient (Wildman–Crippen LogP) is 2.04. The molecule has 1 rings (SSSR count). The molecule has 0 saturated carbocycles. The maximum absolute atomic E-state index is 11.8. The zero-order valence-corrected chi connectivity index (χ0v) is 11.8. The van der Waals surface area contributed by atoms with E-state index in [0.717, 1.165) is 18.7 Å². The molecule has 0 aliphatic rings. The first-order chi connectivity index (χ1) is 9.24. The summed E-state index contributed by atoms with van der Waals surface area (Å²) < 4.78 is 0. The molecular formula is C15H25N3O. The lowest BCUT2D eigenvalue weighted by Gasteiger charge is -2.11. The van der Waals surface area contributed by atoms with Gasteiger partial charge in [-0.15, -0.1) is 0 Å². The fraction of sp³-hybridized carbons (Fsp3) is 0.600. The molecule has 1 amide bonds. The minimum atomic E-state index is -0.509. The van der Waals surface area contributed by atoms with Crippen molar-refractivity contribution >= 4 is 5.91 Å². The molecule has 0 aromatic carbocycles.